The molecule has 0 aliphatic carbocycles. The molecule has 1 amide bonds. The number of rotatable bonds is 6. The van der Waals surface area contributed by atoms with Crippen LogP contribution in [0, 0.1) is 0 Å². The zero-order chi connectivity index (χ0) is 9.40. The fraction of sp³-hybridized carbons (Fsp3) is 0.875. The van der Waals surface area contributed by atoms with Gasteiger partial charge in [-0.1, -0.05) is 6.92 Å². The molecule has 0 aromatic carbocycles. The molecule has 0 saturated carbocycles. The van der Waals surface area contributed by atoms with Crippen molar-refractivity contribution in [1.82, 2.24) is 10.2 Å². The molecular formula is C8H18N2O2. The van der Waals surface area contributed by atoms with Gasteiger partial charge in [0.25, 0.3) is 0 Å². The first-order valence-electron chi connectivity index (χ1n) is 4.28. The fourth-order valence-corrected chi connectivity index (χ4v) is 0.925. The third-order valence-electron chi connectivity index (χ3n) is 1.73. The number of nitrogens with zero attached hydrogens (tertiary/aromatic N) is 1. The lowest BCUT2D eigenvalue weighted by atomic mass is 10.4. The number of nitrogens with one attached hydrogen (secondary N) is 1. The van der Waals surface area contributed by atoms with Crippen LogP contribution in [0.5, 0.6) is 0 Å². The van der Waals surface area contributed by atoms with Gasteiger partial charge in [-0.05, 0) is 13.0 Å². The summed E-state index contributed by atoms with van der Waals surface area (Å²) in [6.07, 6.45) is 0.727. The molecule has 0 saturated heterocycles. The van der Waals surface area contributed by atoms with Crippen molar-refractivity contribution >= 4 is 5.91 Å². The number of hydrogen-bond acceptors (Lipinski definition) is 3. The van der Waals surface area contributed by atoms with Crippen LogP contribution in [0.25, 0.3) is 0 Å². The number of carbonyl (C=O) groups excluding carboxylic acids is 1. The molecule has 0 aromatic heterocycles. The van der Waals surface area contributed by atoms with Gasteiger partial charge in [0.1, 0.15) is 0 Å². The van der Waals surface area contributed by atoms with Gasteiger partial charge in [-0.2, -0.15) is 0 Å². The van der Waals surface area contributed by atoms with Gasteiger partial charge in [-0.15, -0.1) is 0 Å². The molecular weight excluding hydrogens is 156 g/mol. The van der Waals surface area contributed by atoms with E-state index < -0.39 is 0 Å². The maximum Gasteiger partial charge on any atom is 0.233 e. The average molecular weight is 174 g/mol. The molecule has 0 radical (unpaired) electrons. The van der Waals surface area contributed by atoms with Gasteiger partial charge in [0.15, 0.2) is 0 Å². The van der Waals surface area contributed by atoms with Crippen molar-refractivity contribution in [3.05, 3.63) is 0 Å². The second-order valence-electron chi connectivity index (χ2n) is 2.62. The van der Waals surface area contributed by atoms with E-state index in [-0.39, 0.29) is 12.5 Å². The SMILES string of the molecule is CCN(CCCO)CC(=O)NC. The largest absolute Gasteiger partial charge is 0.396 e. The maximum absolute atomic E-state index is 10.9. The van der Waals surface area contributed by atoms with Crippen LogP contribution in [0.2, 0.25) is 0 Å². The monoisotopic (exact) mass is 174 g/mol. The molecule has 72 valence electrons. The Labute approximate surface area is 73.6 Å². The molecule has 12 heavy (non-hydrogen) atoms. The van der Waals surface area contributed by atoms with Crippen LogP contribution in [0.3, 0.4) is 0 Å². The molecule has 2 N–H and O–H groups in total. The summed E-state index contributed by atoms with van der Waals surface area (Å²) < 4.78 is 0. The van der Waals surface area contributed by atoms with Crippen molar-refractivity contribution < 1.29 is 9.90 Å². The van der Waals surface area contributed by atoms with Crippen molar-refractivity contribution in [2.45, 2.75) is 13.3 Å². The second kappa shape index (κ2) is 7.06. The highest BCUT2D eigenvalue weighted by atomic mass is 16.3. The fourth-order valence-electron chi connectivity index (χ4n) is 0.925. The number of aliphatic hydroxyl groups is 1. The highest BCUT2D eigenvalue weighted by molar-refractivity contribution is 5.77. The summed E-state index contributed by atoms with van der Waals surface area (Å²) in [7, 11) is 1.63. The van der Waals surface area contributed by atoms with Crippen LogP contribution in [-0.4, -0.2) is 49.2 Å². The van der Waals surface area contributed by atoms with Crippen LogP contribution in [-0.2, 0) is 4.79 Å². The molecule has 0 fully saturated rings. The summed E-state index contributed by atoms with van der Waals surface area (Å²) in [5.41, 5.74) is 0. The summed E-state index contributed by atoms with van der Waals surface area (Å²) in [6.45, 7) is 4.23. The van der Waals surface area contributed by atoms with Gasteiger partial charge in [0.05, 0.1) is 6.54 Å². The van der Waals surface area contributed by atoms with Crippen LogP contribution < -0.4 is 5.32 Å². The van der Waals surface area contributed by atoms with Crippen molar-refractivity contribution in [2.75, 3.05) is 33.3 Å². The summed E-state index contributed by atoms with van der Waals surface area (Å²) in [6, 6.07) is 0. The molecule has 0 bridgehead atoms. The highest BCUT2D eigenvalue weighted by Crippen LogP contribution is 1.89. The van der Waals surface area contributed by atoms with Gasteiger partial charge in [0.2, 0.25) is 5.91 Å². The Morgan fingerprint density at radius 1 is 1.58 bits per heavy atom. The summed E-state index contributed by atoms with van der Waals surface area (Å²) in [4.78, 5) is 12.9. The van der Waals surface area contributed by atoms with E-state index in [9.17, 15) is 4.79 Å². The van der Waals surface area contributed by atoms with E-state index in [4.69, 9.17) is 5.11 Å². The molecule has 0 atom stereocenters. The standard InChI is InChI=1S/C8H18N2O2/c1-3-10(5-4-6-11)7-8(12)9-2/h11H,3-7H2,1-2H3,(H,9,12). The smallest absolute Gasteiger partial charge is 0.233 e. The van der Waals surface area contributed by atoms with Gasteiger partial charge in [-0.3, -0.25) is 9.69 Å². The first-order chi connectivity index (χ1) is 5.74. The Bertz CT molecular complexity index is 128. The minimum Gasteiger partial charge on any atom is -0.396 e. The zero-order valence-electron chi connectivity index (χ0n) is 7.84. The third kappa shape index (κ3) is 5.09. The number of likely N-dealkylation sites (N-methyl/N-ethyl adjacent to an activating group) is 2. The molecule has 0 aromatic rings. The van der Waals surface area contributed by atoms with E-state index in [0.29, 0.717) is 6.54 Å². The van der Waals surface area contributed by atoms with Crippen molar-refractivity contribution in [3.63, 3.8) is 0 Å². The molecule has 0 heterocycles. The predicted molar refractivity (Wildman–Crippen MR) is 47.9 cm³/mol. The number of amides is 1. The van der Waals surface area contributed by atoms with Crippen LogP contribution >= 0.6 is 0 Å². The molecule has 0 aliphatic heterocycles. The topological polar surface area (TPSA) is 52.6 Å². The minimum atomic E-state index is 0.0230. The Hall–Kier alpha value is -0.610. The van der Waals surface area contributed by atoms with E-state index in [1.165, 1.54) is 0 Å². The second-order valence-corrected chi connectivity index (χ2v) is 2.62. The molecule has 4 heteroatoms. The van der Waals surface area contributed by atoms with Crippen LogP contribution in [0.15, 0.2) is 0 Å². The lowest BCUT2D eigenvalue weighted by Crippen LogP contribution is -2.36. The van der Waals surface area contributed by atoms with E-state index in [2.05, 4.69) is 5.32 Å². The first-order valence-corrected chi connectivity index (χ1v) is 4.28. The predicted octanol–water partition coefficient (Wildman–Crippen LogP) is -0.563. The molecule has 0 unspecified atom stereocenters. The minimum absolute atomic E-state index is 0.0230. The van der Waals surface area contributed by atoms with E-state index in [0.717, 1.165) is 19.5 Å². The normalized spacial score (nSPS) is 10.3. The van der Waals surface area contributed by atoms with E-state index >= 15 is 0 Å². The molecule has 0 spiro atoms. The van der Waals surface area contributed by atoms with Gasteiger partial charge in [0, 0.05) is 20.2 Å². The van der Waals surface area contributed by atoms with Gasteiger partial charge >= 0.3 is 0 Å². The van der Waals surface area contributed by atoms with Gasteiger partial charge in [-0.25, -0.2) is 0 Å². The number of carbonyl (C=O) groups is 1. The lowest BCUT2D eigenvalue weighted by molar-refractivity contribution is -0.121. The van der Waals surface area contributed by atoms with Gasteiger partial charge < -0.3 is 10.4 Å². The zero-order valence-corrected chi connectivity index (χ0v) is 7.84. The maximum atomic E-state index is 10.9. The Kier molecular flexibility index (Phi) is 6.70. The average Bonchev–Trinajstić information content (AvgIpc) is 2.11. The third-order valence-corrected chi connectivity index (χ3v) is 1.73. The van der Waals surface area contributed by atoms with E-state index in [1.807, 2.05) is 11.8 Å². The Morgan fingerprint density at radius 3 is 2.67 bits per heavy atom. The summed E-state index contributed by atoms with van der Waals surface area (Å²) >= 11 is 0. The van der Waals surface area contributed by atoms with Crippen LogP contribution in [0.4, 0.5) is 0 Å². The van der Waals surface area contributed by atoms with Crippen LogP contribution in [0.1, 0.15) is 13.3 Å². The molecule has 0 aliphatic rings. The quantitative estimate of drug-likeness (QED) is 0.567. The van der Waals surface area contributed by atoms with Crippen molar-refractivity contribution in [1.29, 1.82) is 0 Å². The first kappa shape index (κ1) is 11.4. The van der Waals surface area contributed by atoms with Crippen molar-refractivity contribution in [2.24, 2.45) is 0 Å². The summed E-state index contributed by atoms with van der Waals surface area (Å²) in [5, 5.41) is 11.1. The molecule has 0 rings (SSSR count). The van der Waals surface area contributed by atoms with Crippen molar-refractivity contribution in [3.8, 4) is 0 Å². The molecule has 4 nitrogen and oxygen atoms in total. The highest BCUT2D eigenvalue weighted by Gasteiger charge is 2.05. The lowest BCUT2D eigenvalue weighted by Gasteiger charge is -2.18. The number of aliphatic hydroxyl groups excluding tert-OH is 1. The number of hydrogen-bond donors (Lipinski definition) is 2. The Balaban J connectivity index is 3.59. The Morgan fingerprint density at radius 2 is 2.25 bits per heavy atom. The summed E-state index contributed by atoms with van der Waals surface area (Å²) in [5.74, 6) is 0.0230. The van der Waals surface area contributed by atoms with E-state index in [1.54, 1.807) is 7.05 Å².